The summed E-state index contributed by atoms with van der Waals surface area (Å²) in [6.07, 6.45) is 1.12. The van der Waals surface area contributed by atoms with Crippen molar-refractivity contribution in [2.45, 2.75) is 31.8 Å². The third kappa shape index (κ3) is 2.76. The van der Waals surface area contributed by atoms with Crippen molar-refractivity contribution in [3.8, 4) is 0 Å². The van der Waals surface area contributed by atoms with Crippen molar-refractivity contribution in [2.75, 3.05) is 7.05 Å². The first kappa shape index (κ1) is 12.8. The molecule has 0 saturated carbocycles. The minimum absolute atomic E-state index is 0.107. The van der Waals surface area contributed by atoms with Crippen LogP contribution in [0.15, 0.2) is 30.3 Å². The molecule has 1 aliphatic heterocycles. The van der Waals surface area contributed by atoms with E-state index in [-0.39, 0.29) is 30.3 Å². The summed E-state index contributed by atoms with van der Waals surface area (Å²) in [4.78, 5) is 24.3. The van der Waals surface area contributed by atoms with Crippen LogP contribution in [0.3, 0.4) is 0 Å². The molecular weight excluding hydrogens is 228 g/mol. The number of benzene rings is 1. The minimum Gasteiger partial charge on any atom is -0.303 e. The van der Waals surface area contributed by atoms with Gasteiger partial charge in [0, 0.05) is 13.1 Å². The number of likely N-dealkylation sites (tertiary alicyclic amines) is 1. The Morgan fingerprint density at radius 3 is 2.56 bits per heavy atom. The molecule has 4 nitrogen and oxygen atoms in total. The highest BCUT2D eigenvalue weighted by Crippen LogP contribution is 2.12. The second-order valence-corrected chi connectivity index (χ2v) is 4.81. The summed E-state index contributed by atoms with van der Waals surface area (Å²) >= 11 is 0. The topological polar surface area (TPSA) is 49.4 Å². The van der Waals surface area contributed by atoms with Crippen molar-refractivity contribution in [1.82, 2.24) is 10.2 Å². The Labute approximate surface area is 107 Å². The molecule has 2 amide bonds. The van der Waals surface area contributed by atoms with E-state index in [4.69, 9.17) is 0 Å². The van der Waals surface area contributed by atoms with E-state index < -0.39 is 0 Å². The Bertz CT molecular complexity index is 444. The molecule has 1 aromatic rings. The number of hydrogen-bond acceptors (Lipinski definition) is 3. The molecule has 1 saturated heterocycles. The van der Waals surface area contributed by atoms with E-state index in [0.717, 1.165) is 6.42 Å². The van der Waals surface area contributed by atoms with E-state index in [1.54, 1.807) is 0 Å². The lowest BCUT2D eigenvalue weighted by Gasteiger charge is -2.17. The number of carbonyl (C=O) groups excluding carboxylic acids is 2. The Balaban J connectivity index is 1.91. The van der Waals surface area contributed by atoms with E-state index in [0.29, 0.717) is 0 Å². The van der Waals surface area contributed by atoms with Gasteiger partial charge in [-0.2, -0.15) is 0 Å². The molecule has 0 radical (unpaired) electrons. The summed E-state index contributed by atoms with van der Waals surface area (Å²) in [5.74, 6) is -0.232. The van der Waals surface area contributed by atoms with Crippen LogP contribution in [0, 0.1) is 0 Å². The van der Waals surface area contributed by atoms with E-state index in [9.17, 15) is 9.59 Å². The zero-order chi connectivity index (χ0) is 13.1. The van der Waals surface area contributed by atoms with Crippen molar-refractivity contribution in [3.63, 3.8) is 0 Å². The van der Waals surface area contributed by atoms with Crippen LogP contribution in [0.25, 0.3) is 0 Å². The maximum atomic E-state index is 11.7. The van der Waals surface area contributed by atoms with E-state index >= 15 is 0 Å². The quantitative estimate of drug-likeness (QED) is 0.805. The van der Waals surface area contributed by atoms with Gasteiger partial charge in [-0.1, -0.05) is 30.3 Å². The van der Waals surface area contributed by atoms with Crippen molar-refractivity contribution in [3.05, 3.63) is 35.9 Å². The SMILES string of the molecule is CC(Cc1ccccc1)NC1CC(=O)N(C)C1=O. The first-order chi connectivity index (χ1) is 8.58. The first-order valence-electron chi connectivity index (χ1n) is 6.18. The molecule has 1 aliphatic rings. The highest BCUT2D eigenvalue weighted by atomic mass is 16.2. The molecule has 1 aromatic carbocycles. The smallest absolute Gasteiger partial charge is 0.246 e. The first-order valence-corrected chi connectivity index (χ1v) is 6.18. The van der Waals surface area contributed by atoms with Crippen molar-refractivity contribution >= 4 is 11.8 Å². The van der Waals surface area contributed by atoms with Gasteiger partial charge in [-0.05, 0) is 18.9 Å². The number of nitrogens with one attached hydrogen (secondary N) is 1. The second-order valence-electron chi connectivity index (χ2n) is 4.81. The van der Waals surface area contributed by atoms with Gasteiger partial charge in [0.25, 0.3) is 0 Å². The molecular formula is C14H18N2O2. The monoisotopic (exact) mass is 246 g/mol. The van der Waals surface area contributed by atoms with Crippen LogP contribution in [-0.2, 0) is 16.0 Å². The molecule has 4 heteroatoms. The van der Waals surface area contributed by atoms with Gasteiger partial charge in [0.15, 0.2) is 0 Å². The zero-order valence-electron chi connectivity index (χ0n) is 10.7. The van der Waals surface area contributed by atoms with Gasteiger partial charge in [0.1, 0.15) is 0 Å². The van der Waals surface area contributed by atoms with E-state index in [1.807, 2.05) is 25.1 Å². The molecule has 0 bridgehead atoms. The average molecular weight is 246 g/mol. The van der Waals surface area contributed by atoms with E-state index in [1.165, 1.54) is 17.5 Å². The van der Waals surface area contributed by atoms with Crippen LogP contribution in [0.5, 0.6) is 0 Å². The summed E-state index contributed by atoms with van der Waals surface area (Å²) in [7, 11) is 1.54. The normalized spacial score (nSPS) is 21.4. The van der Waals surface area contributed by atoms with Gasteiger partial charge in [-0.3, -0.25) is 14.5 Å². The van der Waals surface area contributed by atoms with Crippen LogP contribution in [0.4, 0.5) is 0 Å². The molecule has 0 spiro atoms. The molecule has 1 N–H and O–H groups in total. The molecule has 96 valence electrons. The Kier molecular flexibility index (Phi) is 3.77. The number of imide groups is 1. The average Bonchev–Trinajstić information content (AvgIpc) is 2.58. The minimum atomic E-state index is -0.360. The Hall–Kier alpha value is -1.68. The van der Waals surface area contributed by atoms with Crippen LogP contribution >= 0.6 is 0 Å². The molecule has 2 atom stereocenters. The van der Waals surface area contributed by atoms with Crippen molar-refractivity contribution in [1.29, 1.82) is 0 Å². The largest absolute Gasteiger partial charge is 0.303 e. The fraction of sp³-hybridized carbons (Fsp3) is 0.429. The maximum absolute atomic E-state index is 11.7. The van der Waals surface area contributed by atoms with Crippen molar-refractivity contribution < 1.29 is 9.59 Å². The standard InChI is InChI=1S/C14H18N2O2/c1-10(8-11-6-4-3-5-7-11)15-12-9-13(17)16(2)14(12)18/h3-7,10,12,15H,8-9H2,1-2H3. The third-order valence-corrected chi connectivity index (χ3v) is 3.25. The molecule has 1 fully saturated rings. The van der Waals surface area contributed by atoms with Gasteiger partial charge in [0.05, 0.1) is 12.5 Å². The van der Waals surface area contributed by atoms with Gasteiger partial charge in [-0.25, -0.2) is 0 Å². The number of likely N-dealkylation sites (N-methyl/N-ethyl adjacent to an activating group) is 1. The highest BCUT2D eigenvalue weighted by Gasteiger charge is 2.36. The molecule has 1 heterocycles. The predicted octanol–water partition coefficient (Wildman–Crippen LogP) is 0.964. The van der Waals surface area contributed by atoms with Gasteiger partial charge >= 0.3 is 0 Å². The summed E-state index contributed by atoms with van der Waals surface area (Å²) < 4.78 is 0. The number of nitrogens with zero attached hydrogens (tertiary/aromatic N) is 1. The maximum Gasteiger partial charge on any atom is 0.246 e. The summed E-state index contributed by atoms with van der Waals surface area (Å²) in [6, 6.07) is 9.91. The molecule has 0 aliphatic carbocycles. The summed E-state index contributed by atoms with van der Waals surface area (Å²) in [5.41, 5.74) is 1.22. The lowest BCUT2D eigenvalue weighted by molar-refractivity contribution is -0.137. The van der Waals surface area contributed by atoms with Gasteiger partial charge in [0.2, 0.25) is 11.8 Å². The van der Waals surface area contributed by atoms with Crippen LogP contribution in [0.2, 0.25) is 0 Å². The number of carbonyl (C=O) groups is 2. The fourth-order valence-electron chi connectivity index (χ4n) is 2.26. The van der Waals surface area contributed by atoms with Crippen LogP contribution in [0.1, 0.15) is 18.9 Å². The van der Waals surface area contributed by atoms with Crippen LogP contribution < -0.4 is 5.32 Å². The zero-order valence-corrected chi connectivity index (χ0v) is 10.7. The Morgan fingerprint density at radius 1 is 1.33 bits per heavy atom. The Morgan fingerprint density at radius 2 is 2.00 bits per heavy atom. The molecule has 0 aromatic heterocycles. The number of rotatable bonds is 4. The van der Waals surface area contributed by atoms with Gasteiger partial charge < -0.3 is 5.32 Å². The number of hydrogen-bond donors (Lipinski definition) is 1. The second kappa shape index (κ2) is 5.31. The van der Waals surface area contributed by atoms with E-state index in [2.05, 4.69) is 17.4 Å². The fourth-order valence-corrected chi connectivity index (χ4v) is 2.26. The molecule has 2 unspecified atom stereocenters. The van der Waals surface area contributed by atoms with Crippen molar-refractivity contribution in [2.24, 2.45) is 0 Å². The van der Waals surface area contributed by atoms with Crippen LogP contribution in [-0.4, -0.2) is 35.8 Å². The predicted molar refractivity (Wildman–Crippen MR) is 68.9 cm³/mol. The summed E-state index contributed by atoms with van der Waals surface area (Å²) in [6.45, 7) is 2.03. The lowest BCUT2D eigenvalue weighted by atomic mass is 10.1. The highest BCUT2D eigenvalue weighted by molar-refractivity contribution is 6.05. The number of amides is 2. The lowest BCUT2D eigenvalue weighted by Crippen LogP contribution is -2.42. The van der Waals surface area contributed by atoms with Gasteiger partial charge in [-0.15, -0.1) is 0 Å². The molecule has 2 rings (SSSR count). The third-order valence-electron chi connectivity index (χ3n) is 3.25. The molecule has 18 heavy (non-hydrogen) atoms. The summed E-state index contributed by atoms with van der Waals surface area (Å²) in [5, 5.41) is 3.23.